The monoisotopic (exact) mass is 241 g/mol. The van der Waals surface area contributed by atoms with Crippen molar-refractivity contribution in [3.8, 4) is 0 Å². The fourth-order valence-electron chi connectivity index (χ4n) is 2.10. The van der Waals surface area contributed by atoms with Gasteiger partial charge in [-0.05, 0) is 0 Å². The number of rotatable bonds is 1. The van der Waals surface area contributed by atoms with Gasteiger partial charge in [0.15, 0.2) is 5.60 Å². The summed E-state index contributed by atoms with van der Waals surface area (Å²) in [6.07, 6.45) is -3.92. The predicted molar refractivity (Wildman–Crippen MR) is 44.0 cm³/mol. The normalized spacial score (nSPS) is 53.8. The molecule has 1 heterocycles. The first-order valence-electron chi connectivity index (χ1n) is 4.69. The molecule has 1 saturated heterocycles. The number of aliphatic hydroxyl groups excluding tert-OH is 4. The quantitative estimate of drug-likeness (QED) is 0.313. The van der Waals surface area contributed by atoms with Crippen LogP contribution < -0.4 is 18.1 Å². The van der Waals surface area contributed by atoms with Gasteiger partial charge in [-0.25, -0.2) is 0 Å². The zero-order valence-electron chi connectivity index (χ0n) is 8.08. The third-order valence-electron chi connectivity index (χ3n) is 3.20. The van der Waals surface area contributed by atoms with Gasteiger partial charge in [0.25, 0.3) is 0 Å². The van der Waals surface area contributed by atoms with Crippen LogP contribution in [0.4, 0.5) is 0 Å². The van der Waals surface area contributed by atoms with Gasteiger partial charge in [-0.15, -0.1) is 0 Å². The van der Waals surface area contributed by atoms with Crippen molar-refractivity contribution in [2.45, 2.75) is 42.5 Å². The van der Waals surface area contributed by atoms with E-state index in [2.05, 4.69) is 5.73 Å². The summed E-state index contributed by atoms with van der Waals surface area (Å²) in [5, 5.41) is 37.5. The zero-order valence-corrected chi connectivity index (χ0v) is 8.84. The van der Waals surface area contributed by atoms with E-state index >= 15 is 0 Å². The van der Waals surface area contributed by atoms with Crippen LogP contribution in [0.3, 0.4) is 0 Å². The molecular formula is C8H16ClNO5. The van der Waals surface area contributed by atoms with Crippen LogP contribution in [0.25, 0.3) is 0 Å². The van der Waals surface area contributed by atoms with E-state index in [1.54, 1.807) is 0 Å². The number of hydrogen-bond acceptors (Lipinski definition) is 5. The largest absolute Gasteiger partial charge is 1.00 e. The van der Waals surface area contributed by atoms with Crippen molar-refractivity contribution in [1.29, 1.82) is 0 Å². The number of halogens is 1. The second kappa shape index (κ2) is 4.14. The maximum Gasteiger partial charge on any atom is 0.154 e. The van der Waals surface area contributed by atoms with Crippen LogP contribution in [0, 0.1) is 0 Å². The van der Waals surface area contributed by atoms with Crippen LogP contribution in [0.5, 0.6) is 0 Å². The van der Waals surface area contributed by atoms with Crippen LogP contribution in [-0.4, -0.2) is 63.1 Å². The molecule has 1 aliphatic heterocycles. The van der Waals surface area contributed by atoms with E-state index in [0.717, 1.165) is 0 Å². The molecule has 6 atom stereocenters. The van der Waals surface area contributed by atoms with Crippen molar-refractivity contribution in [3.05, 3.63) is 0 Å². The second-order valence-corrected chi connectivity index (χ2v) is 4.12. The Morgan fingerprint density at radius 3 is 2.20 bits per heavy atom. The number of hydrogen-bond donors (Lipinski definition) is 5. The van der Waals surface area contributed by atoms with Gasteiger partial charge in [0, 0.05) is 6.42 Å². The van der Waals surface area contributed by atoms with Crippen LogP contribution in [0.2, 0.25) is 0 Å². The molecule has 0 aromatic heterocycles. The minimum Gasteiger partial charge on any atom is -1.00 e. The molecule has 0 aromatic rings. The lowest BCUT2D eigenvalue weighted by atomic mass is 9.93. The number of aliphatic hydroxyl groups is 4. The molecule has 0 bridgehead atoms. The summed E-state index contributed by atoms with van der Waals surface area (Å²) in [6, 6.07) is -0.0892. The Bertz CT molecular complexity index is 241. The van der Waals surface area contributed by atoms with Crippen molar-refractivity contribution in [3.63, 3.8) is 0 Å². The third-order valence-corrected chi connectivity index (χ3v) is 3.20. The maximum atomic E-state index is 9.67. The van der Waals surface area contributed by atoms with Gasteiger partial charge >= 0.3 is 0 Å². The summed E-state index contributed by atoms with van der Waals surface area (Å²) in [7, 11) is 0. The molecule has 2 fully saturated rings. The highest BCUT2D eigenvalue weighted by Crippen LogP contribution is 2.46. The first kappa shape index (κ1) is 13.1. The van der Waals surface area contributed by atoms with Crippen molar-refractivity contribution < 1.29 is 43.3 Å². The number of ether oxygens (including phenoxy) is 1. The van der Waals surface area contributed by atoms with Gasteiger partial charge in [0.2, 0.25) is 0 Å². The van der Waals surface area contributed by atoms with E-state index in [0.29, 0.717) is 6.42 Å². The van der Waals surface area contributed by atoms with Gasteiger partial charge in [-0.3, -0.25) is 0 Å². The molecule has 2 rings (SSSR count). The molecule has 1 aliphatic carbocycles. The Morgan fingerprint density at radius 1 is 1.27 bits per heavy atom. The third kappa shape index (κ3) is 1.76. The van der Waals surface area contributed by atoms with E-state index < -0.39 is 30.0 Å². The van der Waals surface area contributed by atoms with E-state index in [9.17, 15) is 15.3 Å². The molecule has 1 spiro atoms. The van der Waals surface area contributed by atoms with E-state index in [1.807, 2.05) is 0 Å². The zero-order chi connectivity index (χ0) is 10.5. The summed E-state index contributed by atoms with van der Waals surface area (Å²) in [4.78, 5) is 0. The summed E-state index contributed by atoms with van der Waals surface area (Å²) < 4.78 is 5.37. The highest BCUT2D eigenvalue weighted by Gasteiger charge is 2.68. The molecule has 0 unspecified atom stereocenters. The summed E-state index contributed by atoms with van der Waals surface area (Å²) in [6.45, 7) is -0.376. The van der Waals surface area contributed by atoms with Crippen molar-refractivity contribution in [1.82, 2.24) is 0 Å². The Labute approximate surface area is 93.1 Å². The van der Waals surface area contributed by atoms with Crippen molar-refractivity contribution in [2.24, 2.45) is 0 Å². The summed E-state index contributed by atoms with van der Waals surface area (Å²) >= 11 is 0. The minimum atomic E-state index is -1.27. The Balaban J connectivity index is 0.00000112. The maximum absolute atomic E-state index is 9.67. The van der Waals surface area contributed by atoms with Gasteiger partial charge < -0.3 is 43.3 Å². The molecule has 7 N–H and O–H groups in total. The minimum absolute atomic E-state index is 0. The number of quaternary nitrogens is 1. The standard InChI is InChI=1S/C8H15NO5.ClH/c9-4-1-8(4)7(13)6(12)5(11)3(2-10)14-8;/h3-7,10-13H,1-2,9H2;1H/t3-,4+,5-,6+,7+,8+;/m1./s1. The summed E-state index contributed by atoms with van der Waals surface area (Å²) in [5.74, 6) is 0. The second-order valence-electron chi connectivity index (χ2n) is 4.12. The molecule has 2 aliphatic rings. The first-order valence-corrected chi connectivity index (χ1v) is 4.69. The molecule has 7 heteroatoms. The van der Waals surface area contributed by atoms with Crippen LogP contribution in [0.15, 0.2) is 0 Å². The van der Waals surface area contributed by atoms with Gasteiger partial charge in [0.05, 0.1) is 6.61 Å². The van der Waals surface area contributed by atoms with Crippen LogP contribution in [0.1, 0.15) is 6.42 Å². The van der Waals surface area contributed by atoms with Gasteiger partial charge in [0.1, 0.15) is 30.5 Å². The lowest BCUT2D eigenvalue weighted by molar-refractivity contribution is -0.411. The smallest absolute Gasteiger partial charge is 0.154 e. The first-order chi connectivity index (χ1) is 6.53. The topological polar surface area (TPSA) is 118 Å². The van der Waals surface area contributed by atoms with E-state index in [4.69, 9.17) is 9.84 Å². The fraction of sp³-hybridized carbons (Fsp3) is 1.00. The lowest BCUT2D eigenvalue weighted by Gasteiger charge is -2.40. The molecule has 90 valence electrons. The molecule has 0 aromatic carbocycles. The van der Waals surface area contributed by atoms with Gasteiger partial charge in [-0.2, -0.15) is 0 Å². The van der Waals surface area contributed by atoms with Crippen LogP contribution >= 0.6 is 0 Å². The highest BCUT2D eigenvalue weighted by molar-refractivity contribution is 5.16. The Kier molecular flexibility index (Phi) is 3.62. The predicted octanol–water partition coefficient (Wildman–Crippen LogP) is -6.78. The molecular weight excluding hydrogens is 226 g/mol. The SMILES string of the molecule is [Cl-].[NH3+][C@H]1C[C@]12O[C@H](CO)[C@@H](O)[C@H](O)[C@@H]2O. The molecule has 0 radical (unpaired) electrons. The van der Waals surface area contributed by atoms with Crippen molar-refractivity contribution in [2.75, 3.05) is 6.61 Å². The molecule has 1 saturated carbocycles. The Hall–Kier alpha value is 0.0500. The lowest BCUT2D eigenvalue weighted by Crippen LogP contribution is -3.00. The van der Waals surface area contributed by atoms with E-state index in [-0.39, 0.29) is 25.1 Å². The molecule has 6 nitrogen and oxygen atoms in total. The van der Waals surface area contributed by atoms with Crippen LogP contribution in [-0.2, 0) is 4.74 Å². The van der Waals surface area contributed by atoms with Crippen molar-refractivity contribution >= 4 is 0 Å². The Morgan fingerprint density at radius 2 is 1.80 bits per heavy atom. The summed E-state index contributed by atoms with van der Waals surface area (Å²) in [5.41, 5.74) is 2.89. The molecule has 15 heavy (non-hydrogen) atoms. The average Bonchev–Trinajstić information content (AvgIpc) is 2.81. The molecule has 0 amide bonds. The highest BCUT2D eigenvalue weighted by atomic mass is 35.5. The fourth-order valence-corrected chi connectivity index (χ4v) is 2.10. The average molecular weight is 242 g/mol. The van der Waals surface area contributed by atoms with Gasteiger partial charge in [-0.1, -0.05) is 0 Å². The van der Waals surface area contributed by atoms with E-state index in [1.165, 1.54) is 0 Å².